The average molecular weight is 267 g/mol. The highest BCUT2D eigenvalue weighted by Gasteiger charge is 2.33. The Labute approximate surface area is 116 Å². The van der Waals surface area contributed by atoms with Gasteiger partial charge < -0.3 is 4.57 Å². The van der Waals surface area contributed by atoms with Crippen LogP contribution in [0.25, 0.3) is 0 Å². The molecule has 0 saturated heterocycles. The number of carbonyl (C=O) groups is 2. The van der Waals surface area contributed by atoms with E-state index in [1.807, 2.05) is 22.9 Å². The number of fused-ring (bicyclic) bond motifs is 1. The van der Waals surface area contributed by atoms with Crippen molar-refractivity contribution < 1.29 is 9.59 Å². The molecule has 5 nitrogen and oxygen atoms in total. The first-order chi connectivity index (χ1) is 9.77. The molecule has 0 fully saturated rings. The van der Waals surface area contributed by atoms with Crippen LogP contribution in [0.3, 0.4) is 0 Å². The molecule has 100 valence electrons. The number of imide groups is 1. The van der Waals surface area contributed by atoms with Gasteiger partial charge in [0.2, 0.25) is 0 Å². The van der Waals surface area contributed by atoms with E-state index in [0.717, 1.165) is 0 Å². The summed E-state index contributed by atoms with van der Waals surface area (Å²) >= 11 is 0. The van der Waals surface area contributed by atoms with E-state index < -0.39 is 0 Å². The van der Waals surface area contributed by atoms with Crippen LogP contribution in [0, 0.1) is 0 Å². The first-order valence-electron chi connectivity index (χ1n) is 6.33. The van der Waals surface area contributed by atoms with Crippen LogP contribution in [0.4, 0.5) is 0 Å². The number of aromatic nitrogens is 2. The van der Waals surface area contributed by atoms with Crippen LogP contribution in [0.1, 0.15) is 20.7 Å². The Morgan fingerprint density at radius 1 is 1.00 bits per heavy atom. The molecule has 2 heterocycles. The minimum absolute atomic E-state index is 0.224. The van der Waals surface area contributed by atoms with Gasteiger partial charge in [-0.25, -0.2) is 4.98 Å². The second-order valence-electron chi connectivity index (χ2n) is 4.50. The molecule has 0 unspecified atom stereocenters. The van der Waals surface area contributed by atoms with E-state index in [-0.39, 0.29) is 11.8 Å². The molecule has 5 heteroatoms. The van der Waals surface area contributed by atoms with E-state index in [4.69, 9.17) is 0 Å². The summed E-state index contributed by atoms with van der Waals surface area (Å²) in [6.07, 6.45) is 9.00. The van der Waals surface area contributed by atoms with Gasteiger partial charge >= 0.3 is 0 Å². The minimum atomic E-state index is -0.224. The van der Waals surface area contributed by atoms with Crippen LogP contribution in [0.15, 0.2) is 55.1 Å². The molecule has 2 aromatic rings. The molecule has 1 aliphatic heterocycles. The van der Waals surface area contributed by atoms with Gasteiger partial charge in [-0.15, -0.1) is 0 Å². The van der Waals surface area contributed by atoms with Crippen LogP contribution in [0.5, 0.6) is 0 Å². The Morgan fingerprint density at radius 3 is 2.25 bits per heavy atom. The lowest BCUT2D eigenvalue weighted by atomic mass is 10.1. The Hall–Kier alpha value is -2.69. The van der Waals surface area contributed by atoms with Gasteiger partial charge in [0.1, 0.15) is 0 Å². The molecule has 20 heavy (non-hydrogen) atoms. The highest BCUT2D eigenvalue weighted by molar-refractivity contribution is 6.21. The van der Waals surface area contributed by atoms with E-state index in [1.165, 1.54) is 4.90 Å². The van der Waals surface area contributed by atoms with Crippen LogP contribution >= 0.6 is 0 Å². The SMILES string of the molecule is O=C1c2ccccc2C(=O)N1C/C=C/Cn1ccnc1. The first-order valence-corrected chi connectivity index (χ1v) is 6.33. The Morgan fingerprint density at radius 2 is 1.65 bits per heavy atom. The number of imidazole rings is 1. The molecule has 0 N–H and O–H groups in total. The summed E-state index contributed by atoms with van der Waals surface area (Å²) in [5, 5.41) is 0. The molecule has 1 aromatic carbocycles. The van der Waals surface area contributed by atoms with Crippen molar-refractivity contribution in [2.24, 2.45) is 0 Å². The molecule has 0 aliphatic carbocycles. The van der Waals surface area contributed by atoms with Gasteiger partial charge in [0.05, 0.1) is 17.5 Å². The van der Waals surface area contributed by atoms with Crippen molar-refractivity contribution in [3.8, 4) is 0 Å². The fraction of sp³-hybridized carbons (Fsp3) is 0.133. The quantitative estimate of drug-likeness (QED) is 0.626. The van der Waals surface area contributed by atoms with Crippen LogP contribution in [0.2, 0.25) is 0 Å². The van der Waals surface area contributed by atoms with Gasteiger partial charge in [-0.3, -0.25) is 14.5 Å². The average Bonchev–Trinajstić information content (AvgIpc) is 3.06. The highest BCUT2D eigenvalue weighted by atomic mass is 16.2. The molecule has 0 radical (unpaired) electrons. The molecule has 0 atom stereocenters. The zero-order valence-electron chi connectivity index (χ0n) is 10.8. The topological polar surface area (TPSA) is 55.2 Å². The van der Waals surface area contributed by atoms with E-state index in [1.54, 1.807) is 36.8 Å². The van der Waals surface area contributed by atoms with Gasteiger partial charge in [0, 0.05) is 25.5 Å². The summed E-state index contributed by atoms with van der Waals surface area (Å²) in [6, 6.07) is 6.90. The fourth-order valence-corrected chi connectivity index (χ4v) is 2.18. The maximum absolute atomic E-state index is 12.1. The van der Waals surface area contributed by atoms with Crippen molar-refractivity contribution in [3.05, 3.63) is 66.3 Å². The summed E-state index contributed by atoms with van der Waals surface area (Å²) in [5.41, 5.74) is 0.973. The van der Waals surface area contributed by atoms with Gasteiger partial charge in [0.15, 0.2) is 0 Å². The molecule has 0 saturated carbocycles. The zero-order valence-corrected chi connectivity index (χ0v) is 10.8. The molecule has 1 aromatic heterocycles. The summed E-state index contributed by atoms with van der Waals surface area (Å²) in [5.74, 6) is -0.448. The largest absolute Gasteiger partial charge is 0.334 e. The van der Waals surface area contributed by atoms with E-state index in [0.29, 0.717) is 24.2 Å². The number of nitrogens with zero attached hydrogens (tertiary/aromatic N) is 3. The Balaban J connectivity index is 1.66. The van der Waals surface area contributed by atoms with Gasteiger partial charge in [-0.05, 0) is 12.1 Å². The summed E-state index contributed by atoms with van der Waals surface area (Å²) in [7, 11) is 0. The number of hydrogen-bond donors (Lipinski definition) is 0. The van der Waals surface area contributed by atoms with Crippen molar-refractivity contribution in [2.45, 2.75) is 6.54 Å². The summed E-state index contributed by atoms with van der Waals surface area (Å²) < 4.78 is 1.90. The number of benzene rings is 1. The number of amides is 2. The number of allylic oxidation sites excluding steroid dienone is 1. The second kappa shape index (κ2) is 5.13. The highest BCUT2D eigenvalue weighted by Crippen LogP contribution is 2.21. The second-order valence-corrected chi connectivity index (χ2v) is 4.50. The van der Waals surface area contributed by atoms with Crippen molar-refractivity contribution >= 4 is 11.8 Å². The number of hydrogen-bond acceptors (Lipinski definition) is 3. The molecule has 2 amide bonds. The predicted molar refractivity (Wildman–Crippen MR) is 73.2 cm³/mol. The lowest BCUT2D eigenvalue weighted by Gasteiger charge is -2.10. The summed E-state index contributed by atoms with van der Waals surface area (Å²) in [6.45, 7) is 0.963. The van der Waals surface area contributed by atoms with E-state index in [2.05, 4.69) is 4.98 Å². The third-order valence-electron chi connectivity index (χ3n) is 3.21. The lowest BCUT2D eigenvalue weighted by Crippen LogP contribution is -2.29. The van der Waals surface area contributed by atoms with Crippen LogP contribution < -0.4 is 0 Å². The summed E-state index contributed by atoms with van der Waals surface area (Å²) in [4.78, 5) is 29.4. The van der Waals surface area contributed by atoms with Gasteiger partial charge in [0.25, 0.3) is 11.8 Å². The molecular weight excluding hydrogens is 254 g/mol. The standard InChI is InChI=1S/C15H13N3O2/c19-14-12-5-1-2-6-13(12)15(20)18(14)9-4-3-8-17-10-7-16-11-17/h1-7,10-11H,8-9H2/b4-3+. The van der Waals surface area contributed by atoms with Crippen LogP contribution in [-0.2, 0) is 6.54 Å². The van der Waals surface area contributed by atoms with Crippen molar-refractivity contribution in [1.29, 1.82) is 0 Å². The number of carbonyl (C=O) groups excluding carboxylic acids is 2. The number of rotatable bonds is 4. The van der Waals surface area contributed by atoms with Crippen molar-refractivity contribution in [2.75, 3.05) is 6.54 Å². The van der Waals surface area contributed by atoms with Crippen molar-refractivity contribution in [3.63, 3.8) is 0 Å². The molecule has 3 rings (SSSR count). The normalized spacial score (nSPS) is 14.3. The Kier molecular flexibility index (Phi) is 3.16. The van der Waals surface area contributed by atoms with E-state index >= 15 is 0 Å². The Bertz CT molecular complexity index is 639. The maximum Gasteiger partial charge on any atom is 0.261 e. The fourth-order valence-electron chi connectivity index (χ4n) is 2.18. The first kappa shape index (κ1) is 12.3. The van der Waals surface area contributed by atoms with E-state index in [9.17, 15) is 9.59 Å². The maximum atomic E-state index is 12.1. The van der Waals surface area contributed by atoms with Gasteiger partial charge in [-0.1, -0.05) is 24.3 Å². The molecule has 0 bridgehead atoms. The van der Waals surface area contributed by atoms with Gasteiger partial charge in [-0.2, -0.15) is 0 Å². The molecular formula is C15H13N3O2. The lowest BCUT2D eigenvalue weighted by molar-refractivity contribution is 0.0672. The smallest absolute Gasteiger partial charge is 0.261 e. The van der Waals surface area contributed by atoms with Crippen LogP contribution in [-0.4, -0.2) is 32.8 Å². The third kappa shape index (κ3) is 2.14. The predicted octanol–water partition coefficient (Wildman–Crippen LogP) is 1.74. The minimum Gasteiger partial charge on any atom is -0.334 e. The molecule has 1 aliphatic rings. The van der Waals surface area contributed by atoms with Crippen molar-refractivity contribution in [1.82, 2.24) is 14.5 Å². The third-order valence-corrected chi connectivity index (χ3v) is 3.21. The molecule has 0 spiro atoms. The monoisotopic (exact) mass is 267 g/mol. The zero-order chi connectivity index (χ0) is 13.9.